The number of amides is 2. The van der Waals surface area contributed by atoms with E-state index >= 15 is 0 Å². The number of hydrogen-bond donors (Lipinski definition) is 1. The van der Waals surface area contributed by atoms with Crippen LogP contribution in [0.15, 0.2) is 23.0 Å². The van der Waals surface area contributed by atoms with Crippen molar-refractivity contribution in [3.8, 4) is 0 Å². The first-order chi connectivity index (χ1) is 11.5. The topological polar surface area (TPSA) is 101 Å². The van der Waals surface area contributed by atoms with E-state index in [1.165, 1.54) is 6.92 Å². The Morgan fingerprint density at radius 1 is 1.42 bits per heavy atom. The van der Waals surface area contributed by atoms with Crippen LogP contribution in [0.25, 0.3) is 0 Å². The molecule has 126 valence electrons. The summed E-state index contributed by atoms with van der Waals surface area (Å²) in [5.74, 6) is 0.316. The van der Waals surface area contributed by atoms with Crippen LogP contribution in [0.3, 0.4) is 0 Å². The van der Waals surface area contributed by atoms with Gasteiger partial charge in [0.1, 0.15) is 5.76 Å². The van der Waals surface area contributed by atoms with Crippen molar-refractivity contribution in [2.45, 2.75) is 39.3 Å². The molecule has 1 aliphatic heterocycles. The molecule has 0 aliphatic carbocycles. The quantitative estimate of drug-likeness (QED) is 0.909. The minimum Gasteiger partial charge on any atom is -0.361 e. The van der Waals surface area contributed by atoms with Crippen LogP contribution in [0.1, 0.15) is 53.4 Å². The third kappa shape index (κ3) is 3.42. The molecule has 1 N–H and O–H groups in total. The van der Waals surface area contributed by atoms with Crippen LogP contribution in [0, 0.1) is 6.92 Å². The second-order valence-corrected chi connectivity index (χ2v) is 5.82. The molecule has 8 heteroatoms. The summed E-state index contributed by atoms with van der Waals surface area (Å²) in [6.45, 7) is 4.17. The number of carbonyl (C=O) groups excluding carboxylic acids is 2. The lowest BCUT2D eigenvalue weighted by atomic mass is 10.1. The van der Waals surface area contributed by atoms with E-state index < -0.39 is 0 Å². The van der Waals surface area contributed by atoms with Crippen LogP contribution in [0.4, 0.5) is 0 Å². The van der Waals surface area contributed by atoms with Crippen molar-refractivity contribution in [1.29, 1.82) is 0 Å². The van der Waals surface area contributed by atoms with E-state index in [9.17, 15) is 9.59 Å². The van der Waals surface area contributed by atoms with E-state index in [4.69, 9.17) is 4.52 Å². The summed E-state index contributed by atoms with van der Waals surface area (Å²) in [5.41, 5.74) is 1.70. The molecule has 0 bridgehead atoms. The molecule has 2 aromatic heterocycles. The van der Waals surface area contributed by atoms with Crippen LogP contribution in [0.5, 0.6) is 0 Å². The van der Waals surface area contributed by atoms with E-state index in [2.05, 4.69) is 20.4 Å². The Morgan fingerprint density at radius 2 is 2.25 bits per heavy atom. The fourth-order valence-corrected chi connectivity index (χ4v) is 2.82. The number of nitrogens with zero attached hydrogens (tertiary/aromatic N) is 4. The molecule has 0 saturated carbocycles. The Hall–Kier alpha value is -2.77. The summed E-state index contributed by atoms with van der Waals surface area (Å²) >= 11 is 0. The van der Waals surface area contributed by atoms with Crippen molar-refractivity contribution in [3.63, 3.8) is 0 Å². The molecule has 24 heavy (non-hydrogen) atoms. The first-order valence-corrected chi connectivity index (χ1v) is 7.84. The molecular formula is C16H19N5O3. The minimum absolute atomic E-state index is 0.124. The highest BCUT2D eigenvalue weighted by molar-refractivity contribution is 5.92. The van der Waals surface area contributed by atoms with Gasteiger partial charge in [0.2, 0.25) is 5.91 Å². The van der Waals surface area contributed by atoms with Gasteiger partial charge in [0.05, 0.1) is 36.4 Å². The monoisotopic (exact) mass is 329 g/mol. The van der Waals surface area contributed by atoms with Crippen molar-refractivity contribution in [1.82, 2.24) is 25.3 Å². The Balaban J connectivity index is 1.79. The number of rotatable bonds is 4. The number of carbonyl (C=O) groups is 2. The molecule has 1 saturated heterocycles. The van der Waals surface area contributed by atoms with Crippen molar-refractivity contribution < 1.29 is 14.1 Å². The van der Waals surface area contributed by atoms with Crippen molar-refractivity contribution in [2.75, 3.05) is 6.54 Å². The van der Waals surface area contributed by atoms with Crippen molar-refractivity contribution in [2.24, 2.45) is 0 Å². The molecule has 8 nitrogen and oxygen atoms in total. The summed E-state index contributed by atoms with van der Waals surface area (Å²) in [6.07, 6.45) is 4.99. The Labute approximate surface area is 139 Å². The first kappa shape index (κ1) is 16.1. The van der Waals surface area contributed by atoms with E-state index in [1.54, 1.807) is 30.3 Å². The third-order valence-electron chi connectivity index (χ3n) is 3.92. The Morgan fingerprint density at radius 3 is 2.96 bits per heavy atom. The Kier molecular flexibility index (Phi) is 4.54. The largest absolute Gasteiger partial charge is 0.361 e. The van der Waals surface area contributed by atoms with Gasteiger partial charge in [-0.1, -0.05) is 5.16 Å². The second-order valence-electron chi connectivity index (χ2n) is 5.82. The van der Waals surface area contributed by atoms with Gasteiger partial charge in [-0.3, -0.25) is 19.6 Å². The summed E-state index contributed by atoms with van der Waals surface area (Å²) < 4.78 is 4.99. The van der Waals surface area contributed by atoms with Gasteiger partial charge in [-0.05, 0) is 19.8 Å². The molecule has 2 aromatic rings. The van der Waals surface area contributed by atoms with Gasteiger partial charge in [-0.2, -0.15) is 0 Å². The molecule has 3 heterocycles. The predicted octanol–water partition coefficient (Wildman–Crippen LogP) is 1.39. The lowest BCUT2D eigenvalue weighted by Gasteiger charge is -2.23. The second kappa shape index (κ2) is 6.77. The molecule has 1 atom stereocenters. The molecule has 3 rings (SSSR count). The van der Waals surface area contributed by atoms with E-state index in [-0.39, 0.29) is 17.9 Å². The zero-order chi connectivity index (χ0) is 17.1. The molecule has 0 aromatic carbocycles. The van der Waals surface area contributed by atoms with Gasteiger partial charge in [-0.15, -0.1) is 0 Å². The van der Waals surface area contributed by atoms with E-state index in [0.29, 0.717) is 30.2 Å². The highest BCUT2D eigenvalue weighted by atomic mass is 16.5. The van der Waals surface area contributed by atoms with E-state index in [0.717, 1.165) is 18.5 Å². The fourth-order valence-electron chi connectivity index (χ4n) is 2.82. The molecular weight excluding hydrogens is 310 g/mol. The van der Waals surface area contributed by atoms with Crippen LogP contribution in [-0.4, -0.2) is 38.4 Å². The average molecular weight is 329 g/mol. The average Bonchev–Trinajstić information content (AvgIpc) is 3.21. The SMILES string of the molecule is CC(=O)NCc1cncc([C@@H]2CCCN2C(=O)c2cc(C)on2)n1. The van der Waals surface area contributed by atoms with Gasteiger partial charge in [-0.25, -0.2) is 0 Å². The van der Waals surface area contributed by atoms with Gasteiger partial charge < -0.3 is 14.7 Å². The maximum absolute atomic E-state index is 12.6. The summed E-state index contributed by atoms with van der Waals surface area (Å²) in [6, 6.07) is 1.50. The maximum Gasteiger partial charge on any atom is 0.276 e. The zero-order valence-electron chi connectivity index (χ0n) is 13.7. The normalized spacial score (nSPS) is 17.1. The van der Waals surface area contributed by atoms with Crippen LogP contribution in [-0.2, 0) is 11.3 Å². The highest BCUT2D eigenvalue weighted by Gasteiger charge is 2.33. The zero-order valence-corrected chi connectivity index (χ0v) is 13.7. The van der Waals surface area contributed by atoms with Crippen LogP contribution < -0.4 is 5.32 Å². The molecule has 1 aliphatic rings. The van der Waals surface area contributed by atoms with E-state index in [1.807, 2.05) is 0 Å². The number of aryl methyl sites for hydroxylation is 1. The first-order valence-electron chi connectivity index (χ1n) is 7.84. The van der Waals surface area contributed by atoms with Gasteiger partial charge >= 0.3 is 0 Å². The Bertz CT molecular complexity index is 758. The highest BCUT2D eigenvalue weighted by Crippen LogP contribution is 2.31. The van der Waals surface area contributed by atoms with Crippen molar-refractivity contribution in [3.05, 3.63) is 41.3 Å². The third-order valence-corrected chi connectivity index (χ3v) is 3.92. The van der Waals surface area contributed by atoms with Gasteiger partial charge in [0, 0.05) is 19.5 Å². The molecule has 0 radical (unpaired) electrons. The lowest BCUT2D eigenvalue weighted by Crippen LogP contribution is -2.31. The summed E-state index contributed by atoms with van der Waals surface area (Å²) in [5, 5.41) is 6.50. The summed E-state index contributed by atoms with van der Waals surface area (Å²) in [4.78, 5) is 34.2. The molecule has 1 fully saturated rings. The number of likely N-dealkylation sites (tertiary alicyclic amines) is 1. The minimum atomic E-state index is -0.164. The lowest BCUT2D eigenvalue weighted by molar-refractivity contribution is -0.119. The van der Waals surface area contributed by atoms with Crippen LogP contribution >= 0.6 is 0 Å². The molecule has 0 unspecified atom stereocenters. The molecule has 0 spiro atoms. The standard InChI is InChI=1S/C16H19N5O3/c1-10-6-13(20-24-10)16(23)21-5-3-4-15(21)14-9-17-7-12(19-14)8-18-11(2)22/h6-7,9,15H,3-5,8H2,1-2H3,(H,18,22)/t15-/m0/s1. The number of aromatic nitrogens is 3. The van der Waals surface area contributed by atoms with Crippen LogP contribution in [0.2, 0.25) is 0 Å². The van der Waals surface area contributed by atoms with Gasteiger partial charge in [0.15, 0.2) is 5.69 Å². The van der Waals surface area contributed by atoms with Gasteiger partial charge in [0.25, 0.3) is 5.91 Å². The predicted molar refractivity (Wildman–Crippen MR) is 83.8 cm³/mol. The van der Waals surface area contributed by atoms with Crippen molar-refractivity contribution >= 4 is 11.8 Å². The summed E-state index contributed by atoms with van der Waals surface area (Å²) in [7, 11) is 0. The maximum atomic E-state index is 12.6. The fraction of sp³-hybridized carbons (Fsp3) is 0.438. The number of nitrogens with one attached hydrogen (secondary N) is 1. The smallest absolute Gasteiger partial charge is 0.276 e. The molecule has 2 amide bonds. The number of hydrogen-bond acceptors (Lipinski definition) is 6.